The number of nitrogens with zero attached hydrogens (tertiary/aromatic N) is 4. The summed E-state index contributed by atoms with van der Waals surface area (Å²) in [6.45, 7) is 3.18. The van der Waals surface area contributed by atoms with Gasteiger partial charge in [0.25, 0.3) is 0 Å². The van der Waals surface area contributed by atoms with Gasteiger partial charge in [-0.3, -0.25) is 4.90 Å². The number of imidazole rings is 1. The van der Waals surface area contributed by atoms with Gasteiger partial charge in [-0.05, 0) is 24.9 Å². The van der Waals surface area contributed by atoms with Crippen LogP contribution in [0.4, 0.5) is 0 Å². The summed E-state index contributed by atoms with van der Waals surface area (Å²) in [5.41, 5.74) is 4.24. The molecule has 2 aromatic heterocycles. The molecule has 1 aliphatic rings. The summed E-state index contributed by atoms with van der Waals surface area (Å²) in [6, 6.07) is 20.7. The molecular formula is C25H25N5. The highest BCUT2D eigenvalue weighted by Crippen LogP contribution is 2.28. The first-order valence-electron chi connectivity index (χ1n) is 10.5. The third kappa shape index (κ3) is 4.16. The van der Waals surface area contributed by atoms with Crippen LogP contribution in [-0.4, -0.2) is 37.9 Å². The van der Waals surface area contributed by atoms with Gasteiger partial charge in [-0.15, -0.1) is 0 Å². The fourth-order valence-electron chi connectivity index (χ4n) is 4.15. The molecule has 1 unspecified atom stereocenters. The van der Waals surface area contributed by atoms with Gasteiger partial charge in [0.15, 0.2) is 5.82 Å². The molecule has 0 saturated carbocycles. The molecule has 5 heteroatoms. The van der Waals surface area contributed by atoms with Crippen LogP contribution in [0.15, 0.2) is 79.3 Å². The molecule has 1 fully saturated rings. The zero-order valence-electron chi connectivity index (χ0n) is 16.9. The number of likely N-dealkylation sites (tertiary alicyclic amines) is 1. The van der Waals surface area contributed by atoms with Gasteiger partial charge in [0.1, 0.15) is 5.82 Å². The highest BCUT2D eigenvalue weighted by Gasteiger charge is 2.24. The third-order valence-electron chi connectivity index (χ3n) is 5.72. The molecule has 1 aliphatic heterocycles. The van der Waals surface area contributed by atoms with E-state index in [1.165, 1.54) is 18.4 Å². The molecular weight excluding hydrogens is 370 g/mol. The van der Waals surface area contributed by atoms with Crippen molar-refractivity contribution in [1.29, 1.82) is 0 Å². The van der Waals surface area contributed by atoms with E-state index in [9.17, 15) is 0 Å². The first-order chi connectivity index (χ1) is 14.8. The minimum atomic E-state index is 0.431. The normalized spacial score (nSPS) is 17.1. The number of piperidine rings is 1. The SMILES string of the molecule is c1ccc(CN2CCCC(c3nc(-c4cnc(-c5ccccc5)nc4)c[nH]3)C2)cc1. The van der Waals surface area contributed by atoms with Crippen molar-refractivity contribution in [3.63, 3.8) is 0 Å². The van der Waals surface area contributed by atoms with Gasteiger partial charge in [0, 0.05) is 48.7 Å². The van der Waals surface area contributed by atoms with Crippen LogP contribution in [0.1, 0.15) is 30.1 Å². The summed E-state index contributed by atoms with van der Waals surface area (Å²) in [6.07, 6.45) is 8.06. The van der Waals surface area contributed by atoms with Crippen LogP contribution in [0.2, 0.25) is 0 Å². The monoisotopic (exact) mass is 395 g/mol. The van der Waals surface area contributed by atoms with Gasteiger partial charge in [-0.1, -0.05) is 60.7 Å². The Morgan fingerprint density at radius 3 is 2.40 bits per heavy atom. The van der Waals surface area contributed by atoms with E-state index in [1.807, 2.05) is 48.9 Å². The molecule has 0 bridgehead atoms. The third-order valence-corrected chi connectivity index (χ3v) is 5.72. The van der Waals surface area contributed by atoms with Crippen molar-refractivity contribution in [2.75, 3.05) is 13.1 Å². The largest absolute Gasteiger partial charge is 0.348 e. The number of rotatable bonds is 5. The molecule has 30 heavy (non-hydrogen) atoms. The molecule has 0 radical (unpaired) electrons. The predicted molar refractivity (Wildman–Crippen MR) is 119 cm³/mol. The Morgan fingerprint density at radius 1 is 0.900 bits per heavy atom. The second-order valence-corrected chi connectivity index (χ2v) is 7.89. The van der Waals surface area contributed by atoms with Crippen LogP contribution in [-0.2, 0) is 6.54 Å². The molecule has 150 valence electrons. The van der Waals surface area contributed by atoms with Crippen molar-refractivity contribution >= 4 is 0 Å². The lowest BCUT2D eigenvalue weighted by atomic mass is 9.97. The van der Waals surface area contributed by atoms with E-state index >= 15 is 0 Å². The summed E-state index contributed by atoms with van der Waals surface area (Å²) < 4.78 is 0. The number of aromatic amines is 1. The number of hydrogen-bond acceptors (Lipinski definition) is 4. The lowest BCUT2D eigenvalue weighted by Gasteiger charge is -2.31. The molecule has 1 atom stereocenters. The van der Waals surface area contributed by atoms with Crippen LogP contribution in [0.3, 0.4) is 0 Å². The molecule has 0 amide bonds. The van der Waals surface area contributed by atoms with Crippen molar-refractivity contribution in [1.82, 2.24) is 24.8 Å². The molecule has 4 aromatic rings. The summed E-state index contributed by atoms with van der Waals surface area (Å²) in [5, 5.41) is 0. The van der Waals surface area contributed by atoms with Crippen LogP contribution >= 0.6 is 0 Å². The first kappa shape index (κ1) is 18.7. The minimum Gasteiger partial charge on any atom is -0.348 e. The Hall–Kier alpha value is -3.31. The lowest BCUT2D eigenvalue weighted by molar-refractivity contribution is 0.197. The van der Waals surface area contributed by atoms with Crippen molar-refractivity contribution < 1.29 is 0 Å². The highest BCUT2D eigenvalue weighted by atomic mass is 15.1. The maximum absolute atomic E-state index is 4.89. The van der Waals surface area contributed by atoms with Crippen molar-refractivity contribution in [2.24, 2.45) is 0 Å². The van der Waals surface area contributed by atoms with Crippen LogP contribution in [0.25, 0.3) is 22.6 Å². The molecule has 0 spiro atoms. The Labute approximate surface area is 176 Å². The molecule has 2 aromatic carbocycles. The molecule has 0 aliphatic carbocycles. The van der Waals surface area contributed by atoms with Gasteiger partial charge in [-0.2, -0.15) is 0 Å². The highest BCUT2D eigenvalue weighted by molar-refractivity contribution is 5.60. The maximum atomic E-state index is 4.89. The summed E-state index contributed by atoms with van der Waals surface area (Å²) in [5.74, 6) is 2.23. The summed E-state index contributed by atoms with van der Waals surface area (Å²) in [7, 11) is 0. The molecule has 5 rings (SSSR count). The van der Waals surface area contributed by atoms with Crippen LogP contribution < -0.4 is 0 Å². The van der Waals surface area contributed by atoms with E-state index in [1.54, 1.807) is 0 Å². The molecule has 5 nitrogen and oxygen atoms in total. The van der Waals surface area contributed by atoms with Crippen LogP contribution in [0, 0.1) is 0 Å². The van der Waals surface area contributed by atoms with E-state index in [0.717, 1.165) is 48.1 Å². The fourth-order valence-corrected chi connectivity index (χ4v) is 4.15. The number of aromatic nitrogens is 4. The Kier molecular flexibility index (Phi) is 5.36. The zero-order valence-corrected chi connectivity index (χ0v) is 16.9. The van der Waals surface area contributed by atoms with E-state index in [4.69, 9.17) is 4.98 Å². The Bertz CT molecular complexity index is 1070. The number of H-pyrrole nitrogens is 1. The average Bonchev–Trinajstić information content (AvgIpc) is 3.31. The van der Waals surface area contributed by atoms with E-state index in [-0.39, 0.29) is 0 Å². The number of hydrogen-bond donors (Lipinski definition) is 1. The fraction of sp³-hybridized carbons (Fsp3) is 0.240. The van der Waals surface area contributed by atoms with Crippen LogP contribution in [0.5, 0.6) is 0 Å². The lowest BCUT2D eigenvalue weighted by Crippen LogP contribution is -2.34. The average molecular weight is 396 g/mol. The quantitative estimate of drug-likeness (QED) is 0.521. The van der Waals surface area contributed by atoms with Gasteiger partial charge in [0.05, 0.1) is 5.69 Å². The van der Waals surface area contributed by atoms with Gasteiger partial charge >= 0.3 is 0 Å². The van der Waals surface area contributed by atoms with Gasteiger partial charge in [0.2, 0.25) is 0 Å². The second kappa shape index (κ2) is 8.59. The van der Waals surface area contributed by atoms with E-state index in [0.29, 0.717) is 5.92 Å². The van der Waals surface area contributed by atoms with E-state index < -0.39 is 0 Å². The van der Waals surface area contributed by atoms with Gasteiger partial charge in [-0.25, -0.2) is 15.0 Å². The van der Waals surface area contributed by atoms with Crippen molar-refractivity contribution in [3.8, 4) is 22.6 Å². The molecule has 1 N–H and O–H groups in total. The number of benzene rings is 2. The smallest absolute Gasteiger partial charge is 0.159 e. The predicted octanol–water partition coefficient (Wildman–Crippen LogP) is 4.91. The first-order valence-corrected chi connectivity index (χ1v) is 10.5. The molecule has 1 saturated heterocycles. The number of nitrogens with one attached hydrogen (secondary N) is 1. The molecule has 3 heterocycles. The zero-order chi connectivity index (χ0) is 20.2. The standard InChI is InChI=1S/C25H25N5/c1-3-8-19(9-4-1)17-30-13-7-12-21(18-30)25-28-16-23(29-25)22-14-26-24(27-15-22)20-10-5-2-6-11-20/h1-6,8-11,14-16,21H,7,12-13,17-18H2,(H,28,29). The minimum absolute atomic E-state index is 0.431. The maximum Gasteiger partial charge on any atom is 0.159 e. The Morgan fingerprint density at radius 2 is 1.63 bits per heavy atom. The van der Waals surface area contributed by atoms with Crippen molar-refractivity contribution in [3.05, 3.63) is 90.6 Å². The van der Waals surface area contributed by atoms with Crippen molar-refractivity contribution in [2.45, 2.75) is 25.3 Å². The second-order valence-electron chi connectivity index (χ2n) is 7.89. The van der Waals surface area contributed by atoms with Gasteiger partial charge < -0.3 is 4.98 Å². The summed E-state index contributed by atoms with van der Waals surface area (Å²) in [4.78, 5) is 19.9. The summed E-state index contributed by atoms with van der Waals surface area (Å²) >= 11 is 0. The Balaban J connectivity index is 1.28. The van der Waals surface area contributed by atoms with E-state index in [2.05, 4.69) is 50.2 Å². The topological polar surface area (TPSA) is 57.7 Å².